The molecule has 0 spiro atoms. The second-order valence-corrected chi connectivity index (χ2v) is 2.65. The molecule has 0 atom stereocenters. The van der Waals surface area contributed by atoms with Crippen molar-refractivity contribution in [3.05, 3.63) is 36.1 Å². The zero-order valence-corrected chi connectivity index (χ0v) is 7.84. The van der Waals surface area contributed by atoms with Gasteiger partial charge >= 0.3 is 0 Å². The van der Waals surface area contributed by atoms with E-state index in [0.717, 1.165) is 5.39 Å². The average Bonchev–Trinajstić information content (AvgIpc) is 2.62. The van der Waals surface area contributed by atoms with Gasteiger partial charge in [0.25, 0.3) is 5.91 Å². The first-order valence-corrected chi connectivity index (χ1v) is 4.12. The lowest BCUT2D eigenvalue weighted by molar-refractivity contribution is -0.106. The van der Waals surface area contributed by atoms with Crippen LogP contribution in [0, 0.1) is 0 Å². The van der Waals surface area contributed by atoms with Crippen LogP contribution in [0.2, 0.25) is 0 Å². The van der Waals surface area contributed by atoms with Gasteiger partial charge in [0.1, 0.15) is 5.58 Å². The highest BCUT2D eigenvalue weighted by Crippen LogP contribution is 2.17. The standard InChI is InChI=1S/C9H7NO2.CH3NO/c10-9(11)8-5-6-3-1-2-4-7(6)12-8;2-1-3/h1-5H,(H2,10,11);1H,(H2,2,3). The third-order valence-electron chi connectivity index (χ3n) is 1.67. The summed E-state index contributed by atoms with van der Waals surface area (Å²) in [6.07, 6.45) is 0.250. The zero-order valence-electron chi connectivity index (χ0n) is 7.84. The van der Waals surface area contributed by atoms with Gasteiger partial charge in [0.15, 0.2) is 5.76 Å². The van der Waals surface area contributed by atoms with E-state index in [1.807, 2.05) is 18.2 Å². The fourth-order valence-corrected chi connectivity index (χ4v) is 1.10. The van der Waals surface area contributed by atoms with Crippen molar-refractivity contribution >= 4 is 23.3 Å². The Morgan fingerprint density at radius 2 is 1.93 bits per heavy atom. The molecule has 1 heterocycles. The van der Waals surface area contributed by atoms with E-state index < -0.39 is 5.91 Å². The third kappa shape index (κ3) is 2.57. The number of benzene rings is 1. The lowest BCUT2D eigenvalue weighted by atomic mass is 10.2. The number of nitrogens with two attached hydrogens (primary N) is 2. The zero-order chi connectivity index (χ0) is 11.3. The van der Waals surface area contributed by atoms with Crippen LogP contribution in [0.15, 0.2) is 34.7 Å². The van der Waals surface area contributed by atoms with Crippen molar-refractivity contribution in [3.8, 4) is 0 Å². The monoisotopic (exact) mass is 206 g/mol. The molecule has 0 aliphatic carbocycles. The number of hydrogen-bond acceptors (Lipinski definition) is 3. The van der Waals surface area contributed by atoms with Crippen LogP contribution in [0.3, 0.4) is 0 Å². The highest BCUT2D eigenvalue weighted by atomic mass is 16.3. The molecule has 78 valence electrons. The molecule has 1 aromatic heterocycles. The van der Waals surface area contributed by atoms with Gasteiger partial charge in [-0.2, -0.15) is 0 Å². The van der Waals surface area contributed by atoms with Crippen LogP contribution >= 0.6 is 0 Å². The number of primary amides is 2. The van der Waals surface area contributed by atoms with Crippen molar-refractivity contribution in [2.45, 2.75) is 0 Å². The Morgan fingerprint density at radius 3 is 2.47 bits per heavy atom. The van der Waals surface area contributed by atoms with Crippen molar-refractivity contribution in [2.24, 2.45) is 11.5 Å². The molecular formula is C10H10N2O3. The van der Waals surface area contributed by atoms with Gasteiger partial charge in [0.2, 0.25) is 6.41 Å². The van der Waals surface area contributed by atoms with E-state index in [1.165, 1.54) is 0 Å². The summed E-state index contributed by atoms with van der Waals surface area (Å²) in [5, 5.41) is 0.895. The topological polar surface area (TPSA) is 99.3 Å². The van der Waals surface area contributed by atoms with Crippen LogP contribution in [0.1, 0.15) is 10.6 Å². The first kappa shape index (κ1) is 10.8. The number of furan rings is 1. The molecule has 0 bridgehead atoms. The number of carbonyl (C=O) groups excluding carboxylic acids is 2. The number of fused-ring (bicyclic) bond motifs is 1. The summed E-state index contributed by atoms with van der Waals surface area (Å²) in [4.78, 5) is 19.3. The van der Waals surface area contributed by atoms with Crippen molar-refractivity contribution in [2.75, 3.05) is 0 Å². The Kier molecular flexibility index (Phi) is 3.45. The molecule has 5 heteroatoms. The van der Waals surface area contributed by atoms with E-state index in [4.69, 9.17) is 14.9 Å². The van der Waals surface area contributed by atoms with Crippen LogP contribution in [-0.2, 0) is 4.79 Å². The third-order valence-corrected chi connectivity index (χ3v) is 1.67. The lowest BCUT2D eigenvalue weighted by Crippen LogP contribution is -2.08. The molecule has 0 unspecified atom stereocenters. The summed E-state index contributed by atoms with van der Waals surface area (Å²) in [6, 6.07) is 9.02. The molecule has 0 aliphatic heterocycles. The van der Waals surface area contributed by atoms with Crippen LogP contribution in [0.5, 0.6) is 0 Å². The van der Waals surface area contributed by atoms with Crippen molar-refractivity contribution < 1.29 is 14.0 Å². The first-order chi connectivity index (χ1) is 7.19. The number of rotatable bonds is 1. The maximum absolute atomic E-state index is 10.7. The van der Waals surface area contributed by atoms with E-state index in [2.05, 4.69) is 5.73 Å². The minimum Gasteiger partial charge on any atom is -0.451 e. The largest absolute Gasteiger partial charge is 0.451 e. The molecule has 4 N–H and O–H groups in total. The number of amides is 2. The molecule has 0 saturated heterocycles. The Hall–Kier alpha value is -2.30. The van der Waals surface area contributed by atoms with E-state index in [1.54, 1.807) is 12.1 Å². The van der Waals surface area contributed by atoms with Crippen molar-refractivity contribution in [3.63, 3.8) is 0 Å². The van der Waals surface area contributed by atoms with Crippen LogP contribution in [-0.4, -0.2) is 12.3 Å². The summed E-state index contributed by atoms with van der Waals surface area (Å²) >= 11 is 0. The SMILES string of the molecule is NC(=O)c1cc2ccccc2o1.NC=O. The second-order valence-electron chi connectivity index (χ2n) is 2.65. The fraction of sp³-hybridized carbons (Fsp3) is 0. The number of para-hydroxylation sites is 1. The van der Waals surface area contributed by atoms with Gasteiger partial charge in [-0.15, -0.1) is 0 Å². The summed E-state index contributed by atoms with van der Waals surface area (Å²) < 4.78 is 5.15. The number of hydrogen-bond donors (Lipinski definition) is 2. The maximum Gasteiger partial charge on any atom is 0.284 e. The van der Waals surface area contributed by atoms with Crippen molar-refractivity contribution in [1.29, 1.82) is 0 Å². The second kappa shape index (κ2) is 4.80. The van der Waals surface area contributed by atoms with Gasteiger partial charge in [-0.3, -0.25) is 9.59 Å². The molecule has 2 aromatic rings. The molecule has 0 fully saturated rings. The van der Waals surface area contributed by atoms with Gasteiger partial charge in [-0.1, -0.05) is 18.2 Å². The molecule has 0 saturated carbocycles. The highest BCUT2D eigenvalue weighted by molar-refractivity contribution is 5.94. The molecule has 2 amide bonds. The average molecular weight is 206 g/mol. The van der Waals surface area contributed by atoms with Gasteiger partial charge in [-0.05, 0) is 12.1 Å². The first-order valence-electron chi connectivity index (χ1n) is 4.12. The molecule has 15 heavy (non-hydrogen) atoms. The molecule has 5 nitrogen and oxygen atoms in total. The minimum absolute atomic E-state index is 0.205. The molecule has 1 aromatic carbocycles. The van der Waals surface area contributed by atoms with Gasteiger partial charge in [0, 0.05) is 5.39 Å². The summed E-state index contributed by atoms with van der Waals surface area (Å²) in [6.45, 7) is 0. The summed E-state index contributed by atoms with van der Waals surface area (Å²) in [7, 11) is 0. The lowest BCUT2D eigenvalue weighted by Gasteiger charge is -1.83. The minimum atomic E-state index is -0.536. The summed E-state index contributed by atoms with van der Waals surface area (Å²) in [5.74, 6) is -0.331. The van der Waals surface area contributed by atoms with E-state index in [9.17, 15) is 4.79 Å². The van der Waals surface area contributed by atoms with Crippen molar-refractivity contribution in [1.82, 2.24) is 0 Å². The number of carbonyl (C=O) groups is 2. The molecule has 0 radical (unpaired) electrons. The highest BCUT2D eigenvalue weighted by Gasteiger charge is 2.06. The Balaban J connectivity index is 0.000000337. The van der Waals surface area contributed by atoms with Gasteiger partial charge in [-0.25, -0.2) is 0 Å². The summed E-state index contributed by atoms with van der Waals surface area (Å²) in [5.41, 5.74) is 9.90. The fourth-order valence-electron chi connectivity index (χ4n) is 1.10. The quantitative estimate of drug-likeness (QED) is 0.669. The Bertz CT molecular complexity index is 443. The Labute approximate surface area is 85.6 Å². The van der Waals surface area contributed by atoms with Gasteiger partial charge in [0.05, 0.1) is 0 Å². The van der Waals surface area contributed by atoms with Crippen LogP contribution in [0.25, 0.3) is 11.0 Å². The van der Waals surface area contributed by atoms with E-state index in [-0.39, 0.29) is 12.2 Å². The van der Waals surface area contributed by atoms with E-state index in [0.29, 0.717) is 5.58 Å². The van der Waals surface area contributed by atoms with E-state index >= 15 is 0 Å². The molecular weight excluding hydrogens is 196 g/mol. The molecule has 0 aliphatic rings. The maximum atomic E-state index is 10.7. The normalized spacial score (nSPS) is 9.07. The van der Waals surface area contributed by atoms with Crippen LogP contribution in [0.4, 0.5) is 0 Å². The predicted molar refractivity (Wildman–Crippen MR) is 55.0 cm³/mol. The smallest absolute Gasteiger partial charge is 0.284 e. The Morgan fingerprint density at radius 1 is 1.33 bits per heavy atom. The molecule has 2 rings (SSSR count). The predicted octanol–water partition coefficient (Wildman–Crippen LogP) is 0.633. The van der Waals surface area contributed by atoms with Gasteiger partial charge < -0.3 is 15.9 Å². The van der Waals surface area contributed by atoms with Crippen LogP contribution < -0.4 is 11.5 Å².